The fraction of sp³-hybridized carbons (Fsp3) is 0.917. The molecule has 0 fully saturated rings. The molecule has 0 rings (SSSR count). The molecule has 98 valence electrons. The zero-order chi connectivity index (χ0) is 12.3. The molecule has 0 saturated heterocycles. The molecule has 0 saturated carbocycles. The highest BCUT2D eigenvalue weighted by molar-refractivity contribution is 5.85. The van der Waals surface area contributed by atoms with Crippen LogP contribution in [0.3, 0.4) is 0 Å². The summed E-state index contributed by atoms with van der Waals surface area (Å²) >= 11 is 0. The number of amides is 1. The number of nitrogens with one attached hydrogen (secondary N) is 1. The summed E-state index contributed by atoms with van der Waals surface area (Å²) in [5.41, 5.74) is 5.16. The van der Waals surface area contributed by atoms with E-state index in [0.717, 1.165) is 6.42 Å². The van der Waals surface area contributed by atoms with Gasteiger partial charge in [-0.1, -0.05) is 27.7 Å². The van der Waals surface area contributed by atoms with Gasteiger partial charge in [0.25, 0.3) is 0 Å². The van der Waals surface area contributed by atoms with E-state index in [9.17, 15) is 4.79 Å². The molecule has 0 aromatic heterocycles. The first-order chi connectivity index (χ1) is 6.54. The molecule has 0 aliphatic rings. The SMILES string of the molecule is CC(C)CC(C)(C)C(=O)NCC(C)(C)N.Cl. The molecule has 0 aliphatic heterocycles. The molecule has 0 atom stereocenters. The third-order valence-electron chi connectivity index (χ3n) is 2.24. The molecule has 0 aliphatic carbocycles. The minimum absolute atomic E-state index is 0. The molecule has 0 bridgehead atoms. The van der Waals surface area contributed by atoms with Crippen molar-refractivity contribution in [1.29, 1.82) is 0 Å². The topological polar surface area (TPSA) is 55.1 Å². The number of hydrogen-bond acceptors (Lipinski definition) is 2. The lowest BCUT2D eigenvalue weighted by atomic mass is 9.83. The van der Waals surface area contributed by atoms with Gasteiger partial charge in [-0.25, -0.2) is 0 Å². The second-order valence-electron chi connectivity index (χ2n) is 6.15. The Balaban J connectivity index is 0. The van der Waals surface area contributed by atoms with E-state index in [2.05, 4.69) is 19.2 Å². The van der Waals surface area contributed by atoms with E-state index in [-0.39, 0.29) is 29.3 Å². The van der Waals surface area contributed by atoms with Crippen molar-refractivity contribution in [3.63, 3.8) is 0 Å². The summed E-state index contributed by atoms with van der Waals surface area (Å²) in [7, 11) is 0. The van der Waals surface area contributed by atoms with Crippen LogP contribution >= 0.6 is 12.4 Å². The second-order valence-corrected chi connectivity index (χ2v) is 6.15. The van der Waals surface area contributed by atoms with Crippen molar-refractivity contribution in [1.82, 2.24) is 5.32 Å². The van der Waals surface area contributed by atoms with E-state index >= 15 is 0 Å². The van der Waals surface area contributed by atoms with Crippen molar-refractivity contribution < 1.29 is 4.79 Å². The molecule has 0 heterocycles. The van der Waals surface area contributed by atoms with Gasteiger partial charge in [0.1, 0.15) is 0 Å². The van der Waals surface area contributed by atoms with Crippen molar-refractivity contribution in [2.24, 2.45) is 17.1 Å². The Hall–Kier alpha value is -0.280. The number of hydrogen-bond donors (Lipinski definition) is 2. The van der Waals surface area contributed by atoms with E-state index in [4.69, 9.17) is 5.73 Å². The summed E-state index contributed by atoms with van der Waals surface area (Å²) in [4.78, 5) is 11.9. The molecular formula is C12H27ClN2O. The summed E-state index contributed by atoms with van der Waals surface area (Å²) in [5, 5.41) is 2.90. The van der Waals surface area contributed by atoms with Crippen molar-refractivity contribution in [3.8, 4) is 0 Å². The molecule has 0 spiro atoms. The highest BCUT2D eigenvalue weighted by atomic mass is 35.5. The summed E-state index contributed by atoms with van der Waals surface area (Å²) < 4.78 is 0. The average molecular weight is 251 g/mol. The van der Waals surface area contributed by atoms with Crippen LogP contribution in [-0.4, -0.2) is 18.0 Å². The monoisotopic (exact) mass is 250 g/mol. The van der Waals surface area contributed by atoms with Crippen molar-refractivity contribution in [2.45, 2.75) is 53.5 Å². The Morgan fingerprint density at radius 3 is 2.00 bits per heavy atom. The van der Waals surface area contributed by atoms with Crippen LogP contribution in [0, 0.1) is 11.3 Å². The van der Waals surface area contributed by atoms with Gasteiger partial charge in [-0.15, -0.1) is 12.4 Å². The lowest BCUT2D eigenvalue weighted by Gasteiger charge is -2.28. The van der Waals surface area contributed by atoms with Gasteiger partial charge in [0.2, 0.25) is 5.91 Å². The summed E-state index contributed by atoms with van der Waals surface area (Å²) in [6, 6.07) is 0. The maximum Gasteiger partial charge on any atom is 0.225 e. The van der Waals surface area contributed by atoms with Gasteiger partial charge in [0.05, 0.1) is 0 Å². The Labute approximate surface area is 106 Å². The average Bonchev–Trinajstić information content (AvgIpc) is 1.95. The maximum atomic E-state index is 11.9. The number of rotatable bonds is 5. The Morgan fingerprint density at radius 1 is 1.25 bits per heavy atom. The van der Waals surface area contributed by atoms with Crippen molar-refractivity contribution in [2.75, 3.05) is 6.54 Å². The molecule has 1 amide bonds. The number of halogens is 1. The maximum absolute atomic E-state index is 11.9. The fourth-order valence-electron chi connectivity index (χ4n) is 1.66. The van der Waals surface area contributed by atoms with E-state index in [1.165, 1.54) is 0 Å². The van der Waals surface area contributed by atoms with E-state index < -0.39 is 0 Å². The zero-order valence-corrected chi connectivity index (χ0v) is 12.2. The molecule has 16 heavy (non-hydrogen) atoms. The second kappa shape index (κ2) is 6.45. The summed E-state index contributed by atoms with van der Waals surface area (Å²) in [6.07, 6.45) is 0.893. The summed E-state index contributed by atoms with van der Waals surface area (Å²) in [6.45, 7) is 12.5. The quantitative estimate of drug-likeness (QED) is 0.787. The molecule has 3 N–H and O–H groups in total. The van der Waals surface area contributed by atoms with E-state index in [1.54, 1.807) is 0 Å². The van der Waals surface area contributed by atoms with Crippen LogP contribution in [0.4, 0.5) is 0 Å². The standard InChI is InChI=1S/C12H26N2O.ClH/c1-9(2)7-11(3,4)10(15)14-8-12(5,6)13;/h9H,7-8,13H2,1-6H3,(H,14,15);1H. The largest absolute Gasteiger partial charge is 0.354 e. The van der Waals surface area contributed by atoms with E-state index in [0.29, 0.717) is 12.5 Å². The predicted molar refractivity (Wildman–Crippen MR) is 71.8 cm³/mol. The first-order valence-corrected chi connectivity index (χ1v) is 5.62. The lowest BCUT2D eigenvalue weighted by molar-refractivity contribution is -0.130. The van der Waals surface area contributed by atoms with Crippen LogP contribution in [0.5, 0.6) is 0 Å². The van der Waals surface area contributed by atoms with Gasteiger partial charge < -0.3 is 11.1 Å². The highest BCUT2D eigenvalue weighted by Gasteiger charge is 2.29. The van der Waals surface area contributed by atoms with Gasteiger partial charge >= 0.3 is 0 Å². The van der Waals surface area contributed by atoms with Gasteiger partial charge in [0.15, 0.2) is 0 Å². The molecular weight excluding hydrogens is 224 g/mol. The van der Waals surface area contributed by atoms with Gasteiger partial charge in [-0.2, -0.15) is 0 Å². The molecule has 3 nitrogen and oxygen atoms in total. The van der Waals surface area contributed by atoms with Gasteiger partial charge in [0, 0.05) is 17.5 Å². The fourth-order valence-corrected chi connectivity index (χ4v) is 1.66. The molecule has 0 radical (unpaired) electrons. The first kappa shape index (κ1) is 18.1. The Kier molecular flexibility index (Phi) is 7.30. The normalized spacial score (nSPS) is 12.2. The van der Waals surface area contributed by atoms with Crippen LogP contribution in [-0.2, 0) is 4.79 Å². The molecule has 0 aromatic carbocycles. The minimum Gasteiger partial charge on any atom is -0.354 e. The van der Waals surface area contributed by atoms with Crippen LogP contribution in [0.2, 0.25) is 0 Å². The van der Waals surface area contributed by atoms with Crippen LogP contribution < -0.4 is 11.1 Å². The van der Waals surface area contributed by atoms with Crippen molar-refractivity contribution in [3.05, 3.63) is 0 Å². The third kappa shape index (κ3) is 7.94. The lowest BCUT2D eigenvalue weighted by Crippen LogP contribution is -2.48. The Bertz CT molecular complexity index is 220. The zero-order valence-electron chi connectivity index (χ0n) is 11.4. The van der Waals surface area contributed by atoms with Crippen LogP contribution in [0.15, 0.2) is 0 Å². The smallest absolute Gasteiger partial charge is 0.225 e. The van der Waals surface area contributed by atoms with Crippen LogP contribution in [0.1, 0.15) is 48.0 Å². The number of carbonyl (C=O) groups excluding carboxylic acids is 1. The highest BCUT2D eigenvalue weighted by Crippen LogP contribution is 2.25. The van der Waals surface area contributed by atoms with Gasteiger partial charge in [-0.05, 0) is 26.2 Å². The number of nitrogens with two attached hydrogens (primary N) is 1. The molecule has 0 unspecified atom stereocenters. The first-order valence-electron chi connectivity index (χ1n) is 5.62. The van der Waals surface area contributed by atoms with Crippen molar-refractivity contribution >= 4 is 18.3 Å². The molecule has 0 aromatic rings. The van der Waals surface area contributed by atoms with Gasteiger partial charge in [-0.3, -0.25) is 4.79 Å². The Morgan fingerprint density at radius 2 is 1.69 bits per heavy atom. The van der Waals surface area contributed by atoms with E-state index in [1.807, 2.05) is 27.7 Å². The minimum atomic E-state index is -0.344. The van der Waals surface area contributed by atoms with Crippen LogP contribution in [0.25, 0.3) is 0 Å². The molecule has 4 heteroatoms. The number of carbonyl (C=O) groups is 1. The predicted octanol–water partition coefficient (Wildman–Crippen LogP) is 2.33. The summed E-state index contributed by atoms with van der Waals surface area (Å²) in [5.74, 6) is 0.617. The third-order valence-corrected chi connectivity index (χ3v) is 2.24.